The van der Waals surface area contributed by atoms with Crippen molar-refractivity contribution in [2.24, 2.45) is 0 Å². The number of aliphatic hydroxyl groups is 1. The van der Waals surface area contributed by atoms with E-state index in [0.717, 1.165) is 41.6 Å². The predicted molar refractivity (Wildman–Crippen MR) is 92.9 cm³/mol. The van der Waals surface area contributed by atoms with Crippen LogP contribution in [0.15, 0.2) is 30.3 Å². The van der Waals surface area contributed by atoms with Crippen LogP contribution in [0.3, 0.4) is 0 Å². The lowest BCUT2D eigenvalue weighted by molar-refractivity contribution is 0.0613. The van der Waals surface area contributed by atoms with Crippen LogP contribution in [0.4, 0.5) is 0 Å². The number of carbonyl (C=O) groups excluding carboxylic acids is 1. The Kier molecular flexibility index (Phi) is 3.77. The zero-order valence-corrected chi connectivity index (χ0v) is 13.7. The molecule has 0 spiro atoms. The van der Waals surface area contributed by atoms with Gasteiger partial charge < -0.3 is 10.4 Å². The second kappa shape index (κ2) is 5.80. The van der Waals surface area contributed by atoms with Crippen molar-refractivity contribution < 1.29 is 9.90 Å². The lowest BCUT2D eigenvalue weighted by Gasteiger charge is -2.21. The summed E-state index contributed by atoms with van der Waals surface area (Å²) >= 11 is 1.73. The number of nitrogens with one attached hydrogen (secondary N) is 1. The highest BCUT2D eigenvalue weighted by molar-refractivity contribution is 7.99. The normalized spacial score (nSPS) is 24.0. The molecule has 23 heavy (non-hydrogen) atoms. The fraction of sp³-hybridized carbons (Fsp3) is 0.444. The fourth-order valence-corrected chi connectivity index (χ4v) is 4.34. The van der Waals surface area contributed by atoms with Crippen LogP contribution in [0.1, 0.15) is 41.2 Å². The molecule has 1 atom stereocenters. The van der Waals surface area contributed by atoms with Crippen LogP contribution in [0, 0.1) is 0 Å². The third-order valence-corrected chi connectivity index (χ3v) is 5.87. The van der Waals surface area contributed by atoms with Crippen LogP contribution in [0.2, 0.25) is 0 Å². The van der Waals surface area contributed by atoms with E-state index in [1.807, 2.05) is 30.3 Å². The highest BCUT2D eigenvalue weighted by Crippen LogP contribution is 2.40. The Bertz CT molecular complexity index is 752. The van der Waals surface area contributed by atoms with Crippen LogP contribution < -0.4 is 5.32 Å². The molecule has 2 aliphatic rings. The lowest BCUT2D eigenvalue weighted by Crippen LogP contribution is -2.43. The van der Waals surface area contributed by atoms with Gasteiger partial charge in [0, 0.05) is 29.3 Å². The monoisotopic (exact) mass is 328 g/mol. The number of pyridine rings is 1. The van der Waals surface area contributed by atoms with E-state index in [-0.39, 0.29) is 5.91 Å². The van der Waals surface area contributed by atoms with Gasteiger partial charge in [-0.25, -0.2) is 0 Å². The number of benzene rings is 1. The molecule has 1 saturated heterocycles. The van der Waals surface area contributed by atoms with Gasteiger partial charge in [0.2, 0.25) is 0 Å². The lowest BCUT2D eigenvalue weighted by atomic mass is 10.0. The number of nitrogens with zero attached hydrogens (tertiary/aromatic N) is 1. The van der Waals surface area contributed by atoms with E-state index < -0.39 is 5.60 Å². The van der Waals surface area contributed by atoms with Gasteiger partial charge in [-0.3, -0.25) is 9.78 Å². The van der Waals surface area contributed by atoms with Gasteiger partial charge in [0.25, 0.3) is 5.91 Å². The SMILES string of the molecule is O=C(NCC1(O)CCSC1)c1cc(C2CC2)nc2ccccc12. The van der Waals surface area contributed by atoms with Crippen LogP contribution >= 0.6 is 11.8 Å². The van der Waals surface area contributed by atoms with Crippen molar-refractivity contribution in [1.82, 2.24) is 10.3 Å². The topological polar surface area (TPSA) is 62.2 Å². The van der Waals surface area contributed by atoms with Gasteiger partial charge in [0.05, 0.1) is 16.7 Å². The molecule has 4 nitrogen and oxygen atoms in total. The molecule has 1 aliphatic carbocycles. The summed E-state index contributed by atoms with van der Waals surface area (Å²) in [5.41, 5.74) is 1.80. The highest BCUT2D eigenvalue weighted by Gasteiger charge is 2.32. The minimum Gasteiger partial charge on any atom is -0.387 e. The van der Waals surface area contributed by atoms with Crippen molar-refractivity contribution in [3.63, 3.8) is 0 Å². The number of rotatable bonds is 4. The van der Waals surface area contributed by atoms with Gasteiger partial charge in [0.1, 0.15) is 0 Å². The van der Waals surface area contributed by atoms with E-state index in [9.17, 15) is 9.90 Å². The number of para-hydroxylation sites is 1. The molecule has 1 saturated carbocycles. The minimum atomic E-state index is -0.761. The molecule has 1 amide bonds. The average Bonchev–Trinajstić information content (AvgIpc) is 3.34. The summed E-state index contributed by atoms with van der Waals surface area (Å²) in [6.07, 6.45) is 3.05. The molecule has 2 N–H and O–H groups in total. The Hall–Kier alpha value is -1.59. The molecule has 2 aromatic rings. The maximum Gasteiger partial charge on any atom is 0.252 e. The van der Waals surface area contributed by atoms with Crippen molar-refractivity contribution in [3.8, 4) is 0 Å². The molecule has 2 fully saturated rings. The zero-order chi connectivity index (χ0) is 15.9. The van der Waals surface area contributed by atoms with E-state index in [4.69, 9.17) is 4.98 Å². The summed E-state index contributed by atoms with van der Waals surface area (Å²) in [5.74, 6) is 2.03. The average molecular weight is 328 g/mol. The van der Waals surface area contributed by atoms with E-state index in [1.54, 1.807) is 11.8 Å². The number of carbonyl (C=O) groups is 1. The highest BCUT2D eigenvalue weighted by atomic mass is 32.2. The first-order valence-electron chi connectivity index (χ1n) is 8.13. The molecule has 4 rings (SSSR count). The quantitative estimate of drug-likeness (QED) is 0.906. The first kappa shape index (κ1) is 15.0. The van der Waals surface area contributed by atoms with Crippen LogP contribution in [0.5, 0.6) is 0 Å². The first-order valence-corrected chi connectivity index (χ1v) is 9.28. The second-order valence-corrected chi connectivity index (χ2v) is 7.70. The molecular formula is C18H20N2O2S. The number of fused-ring (bicyclic) bond motifs is 1. The molecule has 0 radical (unpaired) electrons. The summed E-state index contributed by atoms with van der Waals surface area (Å²) in [7, 11) is 0. The Labute approximate surface area is 139 Å². The summed E-state index contributed by atoms with van der Waals surface area (Å²) in [6, 6.07) is 9.71. The summed E-state index contributed by atoms with van der Waals surface area (Å²) < 4.78 is 0. The Morgan fingerprint density at radius 1 is 1.39 bits per heavy atom. The molecular weight excluding hydrogens is 308 g/mol. The number of hydrogen-bond donors (Lipinski definition) is 2. The van der Waals surface area contributed by atoms with Gasteiger partial charge in [-0.2, -0.15) is 11.8 Å². The first-order chi connectivity index (χ1) is 11.1. The molecule has 120 valence electrons. The van der Waals surface area contributed by atoms with Crippen molar-refractivity contribution in [2.45, 2.75) is 30.8 Å². The Balaban J connectivity index is 1.62. The second-order valence-electron chi connectivity index (χ2n) is 6.60. The number of hydrogen-bond acceptors (Lipinski definition) is 4. The third kappa shape index (κ3) is 3.08. The maximum atomic E-state index is 12.7. The van der Waals surface area contributed by atoms with Gasteiger partial charge >= 0.3 is 0 Å². The van der Waals surface area contributed by atoms with E-state index in [1.165, 1.54) is 0 Å². The number of amides is 1. The molecule has 1 unspecified atom stereocenters. The van der Waals surface area contributed by atoms with E-state index in [2.05, 4.69) is 5.32 Å². The third-order valence-electron chi connectivity index (χ3n) is 4.64. The summed E-state index contributed by atoms with van der Waals surface area (Å²) in [4.78, 5) is 17.4. The summed E-state index contributed by atoms with van der Waals surface area (Å²) in [6.45, 7) is 0.314. The van der Waals surface area contributed by atoms with Crippen LogP contribution in [0.25, 0.3) is 10.9 Å². The van der Waals surface area contributed by atoms with Gasteiger partial charge in [-0.1, -0.05) is 18.2 Å². The van der Waals surface area contributed by atoms with Gasteiger partial charge in [0.15, 0.2) is 0 Å². The Morgan fingerprint density at radius 2 is 2.22 bits per heavy atom. The molecule has 5 heteroatoms. The maximum absolute atomic E-state index is 12.7. The fourth-order valence-electron chi connectivity index (χ4n) is 3.05. The van der Waals surface area contributed by atoms with Crippen molar-refractivity contribution in [1.29, 1.82) is 0 Å². The van der Waals surface area contributed by atoms with E-state index >= 15 is 0 Å². The molecule has 2 heterocycles. The standard InChI is InChI=1S/C18H20N2O2S/c21-17(19-10-18(22)7-8-23-11-18)14-9-16(12-5-6-12)20-15-4-2-1-3-13(14)15/h1-4,9,12,22H,5-8,10-11H2,(H,19,21). The smallest absolute Gasteiger partial charge is 0.252 e. The van der Waals surface area contributed by atoms with Crippen molar-refractivity contribution in [3.05, 3.63) is 41.6 Å². The van der Waals surface area contributed by atoms with Gasteiger partial charge in [-0.15, -0.1) is 0 Å². The van der Waals surface area contributed by atoms with Crippen molar-refractivity contribution in [2.75, 3.05) is 18.1 Å². The number of aromatic nitrogens is 1. The van der Waals surface area contributed by atoms with E-state index in [0.29, 0.717) is 23.8 Å². The molecule has 1 aliphatic heterocycles. The predicted octanol–water partition coefficient (Wildman–Crippen LogP) is 2.71. The summed E-state index contributed by atoms with van der Waals surface area (Å²) in [5, 5.41) is 14.2. The molecule has 0 bridgehead atoms. The van der Waals surface area contributed by atoms with Crippen molar-refractivity contribution >= 4 is 28.6 Å². The Morgan fingerprint density at radius 3 is 2.96 bits per heavy atom. The van der Waals surface area contributed by atoms with Gasteiger partial charge in [-0.05, 0) is 37.1 Å². The largest absolute Gasteiger partial charge is 0.387 e. The zero-order valence-electron chi connectivity index (χ0n) is 12.9. The molecule has 1 aromatic heterocycles. The van der Waals surface area contributed by atoms with Crippen LogP contribution in [-0.4, -0.2) is 39.6 Å². The number of thioether (sulfide) groups is 1. The molecule has 1 aromatic carbocycles. The minimum absolute atomic E-state index is 0.115. The van der Waals surface area contributed by atoms with Crippen LogP contribution in [-0.2, 0) is 0 Å².